The van der Waals surface area contributed by atoms with Crippen LogP contribution in [-0.4, -0.2) is 43.5 Å². The van der Waals surface area contributed by atoms with Crippen molar-refractivity contribution < 1.29 is 4.79 Å². The Bertz CT molecular complexity index is 494. The third-order valence-corrected chi connectivity index (χ3v) is 3.31. The molecule has 1 atom stereocenters. The summed E-state index contributed by atoms with van der Waals surface area (Å²) in [6.07, 6.45) is 0. The summed E-state index contributed by atoms with van der Waals surface area (Å²) in [5.41, 5.74) is 7.18. The standard InChI is InChI=1S/C13H16N4O/c1-16-12(7-15)8-17(9-13(16)18)11-4-2-3-10(5-11)6-14/h2-5,12H,7-9,15H2,1H3. The van der Waals surface area contributed by atoms with Crippen molar-refractivity contribution in [2.45, 2.75) is 6.04 Å². The van der Waals surface area contributed by atoms with Gasteiger partial charge in [-0.05, 0) is 18.2 Å². The molecule has 0 radical (unpaired) electrons. The Morgan fingerprint density at radius 3 is 3.00 bits per heavy atom. The van der Waals surface area contributed by atoms with E-state index in [2.05, 4.69) is 6.07 Å². The van der Waals surface area contributed by atoms with Crippen LogP contribution in [-0.2, 0) is 4.79 Å². The number of hydrogen-bond donors (Lipinski definition) is 1. The molecular formula is C13H16N4O. The first-order valence-electron chi connectivity index (χ1n) is 5.86. The van der Waals surface area contributed by atoms with Crippen LogP contribution >= 0.6 is 0 Å². The minimum Gasteiger partial charge on any atom is -0.360 e. The predicted octanol–water partition coefficient (Wildman–Crippen LogP) is 0.164. The lowest BCUT2D eigenvalue weighted by Crippen LogP contribution is -2.57. The summed E-state index contributed by atoms with van der Waals surface area (Å²) in [5.74, 6) is 0.0547. The largest absolute Gasteiger partial charge is 0.360 e. The lowest BCUT2D eigenvalue weighted by atomic mass is 10.1. The number of anilines is 1. The molecule has 2 rings (SSSR count). The minimum absolute atomic E-state index is 0.0250. The van der Waals surface area contributed by atoms with E-state index < -0.39 is 0 Å². The second-order valence-electron chi connectivity index (χ2n) is 4.44. The van der Waals surface area contributed by atoms with Crippen LogP contribution in [0.15, 0.2) is 24.3 Å². The van der Waals surface area contributed by atoms with Crippen molar-refractivity contribution >= 4 is 11.6 Å². The monoisotopic (exact) mass is 244 g/mol. The second kappa shape index (κ2) is 5.07. The number of rotatable bonds is 2. The van der Waals surface area contributed by atoms with Crippen LogP contribution in [0.25, 0.3) is 0 Å². The van der Waals surface area contributed by atoms with Gasteiger partial charge in [-0.1, -0.05) is 6.07 Å². The molecule has 5 heteroatoms. The topological polar surface area (TPSA) is 73.4 Å². The Kier molecular flexibility index (Phi) is 3.49. The van der Waals surface area contributed by atoms with Gasteiger partial charge in [-0.25, -0.2) is 0 Å². The van der Waals surface area contributed by atoms with Gasteiger partial charge < -0.3 is 15.5 Å². The van der Waals surface area contributed by atoms with Crippen LogP contribution in [0.1, 0.15) is 5.56 Å². The number of likely N-dealkylation sites (N-methyl/N-ethyl adjacent to an activating group) is 1. The molecule has 2 N–H and O–H groups in total. The number of amides is 1. The van der Waals surface area contributed by atoms with Crippen molar-refractivity contribution in [1.82, 2.24) is 4.90 Å². The van der Waals surface area contributed by atoms with Crippen LogP contribution in [0.4, 0.5) is 5.69 Å². The molecule has 1 fully saturated rings. The molecule has 94 valence electrons. The van der Waals surface area contributed by atoms with Gasteiger partial charge in [0.2, 0.25) is 5.91 Å². The fourth-order valence-electron chi connectivity index (χ4n) is 2.12. The van der Waals surface area contributed by atoms with Gasteiger partial charge in [0, 0.05) is 25.8 Å². The summed E-state index contributed by atoms with van der Waals surface area (Å²) in [7, 11) is 1.78. The van der Waals surface area contributed by atoms with E-state index in [0.717, 1.165) is 5.69 Å². The highest BCUT2D eigenvalue weighted by molar-refractivity contribution is 5.83. The van der Waals surface area contributed by atoms with Crippen molar-refractivity contribution in [3.8, 4) is 6.07 Å². The SMILES string of the molecule is CN1C(=O)CN(c2cccc(C#N)c2)CC1CN. The van der Waals surface area contributed by atoms with Crippen molar-refractivity contribution in [1.29, 1.82) is 5.26 Å². The quantitative estimate of drug-likeness (QED) is 0.804. The molecule has 0 aliphatic carbocycles. The maximum atomic E-state index is 11.9. The van der Waals surface area contributed by atoms with Gasteiger partial charge >= 0.3 is 0 Å². The highest BCUT2D eigenvalue weighted by Crippen LogP contribution is 2.19. The van der Waals surface area contributed by atoms with Crippen LogP contribution in [0.3, 0.4) is 0 Å². The zero-order chi connectivity index (χ0) is 13.1. The van der Waals surface area contributed by atoms with Crippen molar-refractivity contribution in [2.24, 2.45) is 5.73 Å². The lowest BCUT2D eigenvalue weighted by Gasteiger charge is -2.39. The van der Waals surface area contributed by atoms with Gasteiger partial charge in [0.15, 0.2) is 0 Å². The summed E-state index contributed by atoms with van der Waals surface area (Å²) in [6, 6.07) is 9.42. The summed E-state index contributed by atoms with van der Waals surface area (Å²) >= 11 is 0. The van der Waals surface area contributed by atoms with Gasteiger partial charge in [-0.2, -0.15) is 5.26 Å². The molecule has 0 saturated carbocycles. The molecule has 0 bridgehead atoms. The van der Waals surface area contributed by atoms with Gasteiger partial charge in [0.25, 0.3) is 0 Å². The van der Waals surface area contributed by atoms with Crippen LogP contribution in [0.5, 0.6) is 0 Å². The normalized spacial score (nSPS) is 19.8. The lowest BCUT2D eigenvalue weighted by molar-refractivity contribution is -0.131. The highest BCUT2D eigenvalue weighted by atomic mass is 16.2. The number of piperazine rings is 1. The first-order valence-corrected chi connectivity index (χ1v) is 5.86. The zero-order valence-corrected chi connectivity index (χ0v) is 10.3. The van der Waals surface area contributed by atoms with Gasteiger partial charge in [-0.15, -0.1) is 0 Å². The van der Waals surface area contributed by atoms with Gasteiger partial charge in [-0.3, -0.25) is 4.79 Å². The fourth-order valence-corrected chi connectivity index (χ4v) is 2.12. The van der Waals surface area contributed by atoms with Gasteiger partial charge in [0.05, 0.1) is 24.2 Å². The number of benzene rings is 1. The third kappa shape index (κ3) is 2.29. The number of carbonyl (C=O) groups excluding carboxylic acids is 1. The van der Waals surface area contributed by atoms with E-state index in [1.807, 2.05) is 17.0 Å². The molecule has 1 amide bonds. The molecule has 1 aliphatic heterocycles. The first-order chi connectivity index (χ1) is 8.65. The molecule has 0 aromatic heterocycles. The average molecular weight is 244 g/mol. The Labute approximate surface area is 106 Å². The molecule has 1 unspecified atom stereocenters. The van der Waals surface area contributed by atoms with Crippen molar-refractivity contribution in [3.63, 3.8) is 0 Å². The molecule has 5 nitrogen and oxygen atoms in total. The average Bonchev–Trinajstić information content (AvgIpc) is 2.41. The van der Waals surface area contributed by atoms with Crippen LogP contribution < -0.4 is 10.6 Å². The molecule has 1 saturated heterocycles. The summed E-state index contributed by atoms with van der Waals surface area (Å²) in [4.78, 5) is 15.5. The Morgan fingerprint density at radius 2 is 2.33 bits per heavy atom. The molecular weight excluding hydrogens is 228 g/mol. The van der Waals surface area contributed by atoms with E-state index in [-0.39, 0.29) is 11.9 Å². The summed E-state index contributed by atoms with van der Waals surface area (Å²) in [5, 5.41) is 8.89. The van der Waals surface area contributed by atoms with E-state index in [1.54, 1.807) is 24.1 Å². The third-order valence-electron chi connectivity index (χ3n) is 3.31. The van der Waals surface area contributed by atoms with Crippen LogP contribution in [0, 0.1) is 11.3 Å². The van der Waals surface area contributed by atoms with E-state index in [1.165, 1.54) is 0 Å². The molecule has 1 aromatic carbocycles. The van der Waals surface area contributed by atoms with Crippen LogP contribution in [0.2, 0.25) is 0 Å². The molecule has 18 heavy (non-hydrogen) atoms. The minimum atomic E-state index is 0.0250. The number of nitrogens with zero attached hydrogens (tertiary/aromatic N) is 3. The number of nitriles is 1. The number of hydrogen-bond acceptors (Lipinski definition) is 4. The van der Waals surface area contributed by atoms with Crippen molar-refractivity contribution in [2.75, 3.05) is 31.6 Å². The highest BCUT2D eigenvalue weighted by Gasteiger charge is 2.28. The Morgan fingerprint density at radius 1 is 1.56 bits per heavy atom. The molecule has 1 aliphatic rings. The smallest absolute Gasteiger partial charge is 0.242 e. The van der Waals surface area contributed by atoms with E-state index in [9.17, 15) is 4.79 Å². The predicted molar refractivity (Wildman–Crippen MR) is 69.0 cm³/mol. The van der Waals surface area contributed by atoms with E-state index in [4.69, 9.17) is 11.0 Å². The van der Waals surface area contributed by atoms with Gasteiger partial charge in [0.1, 0.15) is 0 Å². The van der Waals surface area contributed by atoms with E-state index in [0.29, 0.717) is 25.2 Å². The Balaban J connectivity index is 2.23. The number of carbonyl (C=O) groups is 1. The zero-order valence-electron chi connectivity index (χ0n) is 10.3. The summed E-state index contributed by atoms with van der Waals surface area (Å²) < 4.78 is 0. The first kappa shape index (κ1) is 12.4. The van der Waals surface area contributed by atoms with E-state index >= 15 is 0 Å². The molecule has 0 spiro atoms. The molecule has 1 aromatic rings. The fraction of sp³-hybridized carbons (Fsp3) is 0.385. The maximum Gasteiger partial charge on any atom is 0.242 e. The second-order valence-corrected chi connectivity index (χ2v) is 4.44. The molecule has 1 heterocycles. The van der Waals surface area contributed by atoms with Crippen molar-refractivity contribution in [3.05, 3.63) is 29.8 Å². The maximum absolute atomic E-state index is 11.9. The summed E-state index contributed by atoms with van der Waals surface area (Å²) in [6.45, 7) is 1.48. The number of nitrogens with two attached hydrogens (primary N) is 1. The Hall–Kier alpha value is -2.06.